The number of nitrogens with one attached hydrogen (secondary N) is 1. The molecule has 0 saturated carbocycles. The lowest BCUT2D eigenvalue weighted by Crippen LogP contribution is -2.25. The second-order valence-corrected chi connectivity index (χ2v) is 9.45. The Bertz CT molecular complexity index is 1440. The summed E-state index contributed by atoms with van der Waals surface area (Å²) < 4.78 is 35.4. The third-order valence-corrected chi connectivity index (χ3v) is 6.69. The molecule has 1 atom stereocenters. The van der Waals surface area contributed by atoms with Crippen LogP contribution in [0.5, 0.6) is 5.75 Å². The average molecular weight is 526 g/mol. The van der Waals surface area contributed by atoms with Crippen LogP contribution in [0.15, 0.2) is 77.0 Å². The van der Waals surface area contributed by atoms with Crippen LogP contribution >= 0.6 is 11.3 Å². The number of carbonyl (C=O) groups excluding carboxylic acids is 2. The molecule has 2 heterocycles. The maximum atomic E-state index is 14.0. The van der Waals surface area contributed by atoms with Gasteiger partial charge in [0.2, 0.25) is 5.91 Å². The predicted octanol–water partition coefficient (Wildman–Crippen LogP) is 5.27. The van der Waals surface area contributed by atoms with Crippen LogP contribution in [-0.2, 0) is 16.1 Å². The van der Waals surface area contributed by atoms with Crippen molar-refractivity contribution in [2.75, 3.05) is 11.9 Å². The summed E-state index contributed by atoms with van der Waals surface area (Å²) in [6.07, 6.45) is 7.88. The number of anilines is 1. The van der Waals surface area contributed by atoms with Crippen LogP contribution in [0.4, 0.5) is 14.5 Å². The van der Waals surface area contributed by atoms with Crippen molar-refractivity contribution >= 4 is 39.4 Å². The zero-order chi connectivity index (χ0) is 26.2. The number of ether oxygens (including phenoxy) is 1. The Morgan fingerprint density at radius 2 is 2.16 bits per heavy atom. The smallest absolute Gasteiger partial charge is 0.274 e. The highest BCUT2D eigenvalue weighted by molar-refractivity contribution is 7.19. The number of carbonyl (C=O) groups is 2. The molecular weight excluding hydrogens is 500 g/mol. The zero-order valence-corrected chi connectivity index (χ0v) is 20.7. The Hall–Kier alpha value is -3.92. The molecular formula is C27H25F2N3O4S. The number of hydrogen-bond acceptors (Lipinski definition) is 6. The summed E-state index contributed by atoms with van der Waals surface area (Å²) in [5.41, 5.74) is 0.798. The van der Waals surface area contributed by atoms with Gasteiger partial charge in [-0.2, -0.15) is 0 Å². The van der Waals surface area contributed by atoms with Gasteiger partial charge in [-0.25, -0.2) is 13.8 Å². The number of amides is 1. The molecule has 2 aromatic heterocycles. The third-order valence-electron chi connectivity index (χ3n) is 5.62. The number of aldehydes is 1. The van der Waals surface area contributed by atoms with E-state index < -0.39 is 12.0 Å². The lowest BCUT2D eigenvalue weighted by molar-refractivity contribution is -0.116. The summed E-state index contributed by atoms with van der Waals surface area (Å²) in [5.74, 6) is -0.278. The number of halogens is 2. The molecule has 0 bridgehead atoms. The van der Waals surface area contributed by atoms with Gasteiger partial charge in [-0.15, -0.1) is 11.3 Å². The van der Waals surface area contributed by atoms with Crippen LogP contribution in [0.2, 0.25) is 0 Å². The fourth-order valence-corrected chi connectivity index (χ4v) is 4.79. The molecule has 1 N–H and O–H groups in total. The standard InChI is InChI=1S/C27H25F2N3O4S/c28-19-12-11-18(20(29)15-19)17-36-23-9-5-7-21-26(23)37-25(31-21)16-32-13-6-8-22(27(32)35)30-24(34)10-3-1-2-4-14-33/h2,4-9,11-14,19H,1,3,10,15-17H2,(H,30,34)/b4-2+. The lowest BCUT2D eigenvalue weighted by atomic mass is 10.1. The Morgan fingerprint density at radius 1 is 1.30 bits per heavy atom. The SMILES string of the molecule is O=C/C=C/CCCC(=O)Nc1cccn(Cc2nc3cccc(OCC4=C(F)CC(F)C=C4)c3s2)c1=O. The van der Waals surface area contributed by atoms with E-state index in [9.17, 15) is 23.2 Å². The van der Waals surface area contributed by atoms with Crippen LogP contribution in [0, 0.1) is 0 Å². The largest absolute Gasteiger partial charge is 0.487 e. The first-order valence-electron chi connectivity index (χ1n) is 11.7. The van der Waals surface area contributed by atoms with Gasteiger partial charge in [0.25, 0.3) is 5.56 Å². The van der Waals surface area contributed by atoms with E-state index >= 15 is 0 Å². The quantitative estimate of drug-likeness (QED) is 0.209. The van der Waals surface area contributed by atoms with Gasteiger partial charge in [0.15, 0.2) is 0 Å². The molecule has 1 amide bonds. The summed E-state index contributed by atoms with van der Waals surface area (Å²) in [5, 5.41) is 3.30. The number of alkyl halides is 1. The molecule has 1 aliphatic rings. The van der Waals surface area contributed by atoms with Gasteiger partial charge in [-0.1, -0.05) is 18.2 Å². The number of fused-ring (bicyclic) bond motifs is 1. The molecule has 37 heavy (non-hydrogen) atoms. The van der Waals surface area contributed by atoms with Crippen molar-refractivity contribution in [3.63, 3.8) is 0 Å². The fourth-order valence-electron chi connectivity index (χ4n) is 3.76. The maximum Gasteiger partial charge on any atom is 0.274 e. The van der Waals surface area contributed by atoms with Gasteiger partial charge in [-0.3, -0.25) is 14.4 Å². The minimum absolute atomic E-state index is 0.0318. The fraction of sp³-hybridized carbons (Fsp3) is 0.259. The van der Waals surface area contributed by atoms with E-state index in [1.165, 1.54) is 34.1 Å². The number of rotatable bonds is 11. The zero-order valence-electron chi connectivity index (χ0n) is 19.9. The number of hydrogen-bond donors (Lipinski definition) is 1. The molecule has 0 spiro atoms. The van der Waals surface area contributed by atoms with Gasteiger partial charge < -0.3 is 14.6 Å². The van der Waals surface area contributed by atoms with Crippen LogP contribution in [0.1, 0.15) is 30.7 Å². The Kier molecular flexibility index (Phi) is 8.73. The molecule has 0 radical (unpaired) electrons. The number of benzene rings is 1. The van der Waals surface area contributed by atoms with Gasteiger partial charge in [0, 0.05) is 24.6 Å². The minimum atomic E-state index is -1.32. The van der Waals surface area contributed by atoms with Crippen molar-refractivity contribution < 1.29 is 23.1 Å². The van der Waals surface area contributed by atoms with Crippen LogP contribution in [0.25, 0.3) is 10.2 Å². The lowest BCUT2D eigenvalue weighted by Gasteiger charge is -2.13. The highest BCUT2D eigenvalue weighted by atomic mass is 32.1. The normalized spacial score (nSPS) is 15.5. The first kappa shape index (κ1) is 26.2. The highest BCUT2D eigenvalue weighted by Crippen LogP contribution is 2.32. The van der Waals surface area contributed by atoms with Crippen LogP contribution < -0.4 is 15.6 Å². The number of unbranched alkanes of at least 4 members (excludes halogenated alkanes) is 1. The number of aromatic nitrogens is 2. The van der Waals surface area contributed by atoms with Gasteiger partial charge >= 0.3 is 0 Å². The molecule has 10 heteroatoms. The molecule has 0 saturated heterocycles. The Balaban J connectivity index is 1.44. The summed E-state index contributed by atoms with van der Waals surface area (Å²) in [6, 6.07) is 8.57. The maximum absolute atomic E-state index is 14.0. The molecule has 3 aromatic rings. The van der Waals surface area contributed by atoms with Crippen LogP contribution in [-0.4, -0.2) is 34.5 Å². The van der Waals surface area contributed by atoms with Crippen LogP contribution in [0.3, 0.4) is 0 Å². The van der Waals surface area contributed by atoms with Crippen molar-refractivity contribution in [2.24, 2.45) is 0 Å². The van der Waals surface area contributed by atoms with Crippen molar-refractivity contribution in [1.29, 1.82) is 0 Å². The van der Waals surface area contributed by atoms with E-state index in [0.29, 0.717) is 41.0 Å². The van der Waals surface area contributed by atoms with E-state index in [2.05, 4.69) is 10.3 Å². The first-order valence-corrected chi connectivity index (χ1v) is 12.6. The number of thiazole rings is 1. The van der Waals surface area contributed by atoms with Gasteiger partial charge in [0.05, 0.1) is 16.8 Å². The number of nitrogens with zero attached hydrogens (tertiary/aromatic N) is 2. The molecule has 0 fully saturated rings. The number of pyridine rings is 1. The second-order valence-electron chi connectivity index (χ2n) is 8.37. The monoisotopic (exact) mass is 525 g/mol. The van der Waals surface area contributed by atoms with Gasteiger partial charge in [0.1, 0.15) is 41.3 Å². The van der Waals surface area contributed by atoms with Crippen molar-refractivity contribution in [1.82, 2.24) is 9.55 Å². The summed E-state index contributed by atoms with van der Waals surface area (Å²) in [4.78, 5) is 40.0. The molecule has 1 aliphatic carbocycles. The minimum Gasteiger partial charge on any atom is -0.487 e. The predicted molar refractivity (Wildman–Crippen MR) is 139 cm³/mol. The van der Waals surface area contributed by atoms with E-state index in [-0.39, 0.29) is 43.1 Å². The van der Waals surface area contributed by atoms with Gasteiger partial charge in [-0.05, 0) is 49.3 Å². The van der Waals surface area contributed by atoms with E-state index in [1.807, 2.05) is 6.07 Å². The molecule has 192 valence electrons. The van der Waals surface area contributed by atoms with Crippen molar-refractivity contribution in [3.8, 4) is 5.75 Å². The molecule has 0 aliphatic heterocycles. The van der Waals surface area contributed by atoms with Crippen molar-refractivity contribution in [3.05, 3.63) is 87.6 Å². The third kappa shape index (κ3) is 6.85. The summed E-state index contributed by atoms with van der Waals surface area (Å²) in [7, 11) is 0. The van der Waals surface area contributed by atoms with E-state index in [0.717, 1.165) is 4.70 Å². The van der Waals surface area contributed by atoms with E-state index in [1.54, 1.807) is 36.5 Å². The second kappa shape index (κ2) is 12.4. The topological polar surface area (TPSA) is 90.3 Å². The summed E-state index contributed by atoms with van der Waals surface area (Å²) >= 11 is 1.35. The molecule has 1 unspecified atom stereocenters. The Morgan fingerprint density at radius 3 is 2.97 bits per heavy atom. The highest BCUT2D eigenvalue weighted by Gasteiger charge is 2.17. The first-order chi connectivity index (χ1) is 17.9. The molecule has 1 aromatic carbocycles. The Labute approximate surface area is 215 Å². The summed E-state index contributed by atoms with van der Waals surface area (Å²) in [6.45, 7) is 0.161. The molecule has 4 rings (SSSR count). The van der Waals surface area contributed by atoms with Crippen molar-refractivity contribution in [2.45, 2.75) is 38.4 Å². The number of allylic oxidation sites excluding steroid dienone is 4. The average Bonchev–Trinajstić information content (AvgIpc) is 3.29. The van der Waals surface area contributed by atoms with E-state index in [4.69, 9.17) is 4.74 Å². The molecule has 7 nitrogen and oxygen atoms in total.